The molecule has 0 atom stereocenters. The number of rotatable bonds is 10. The van der Waals surface area contributed by atoms with Crippen LogP contribution in [0.5, 0.6) is 17.2 Å². The average Bonchev–Trinajstić information content (AvgIpc) is 3.50. The van der Waals surface area contributed by atoms with Gasteiger partial charge in [-0.1, -0.05) is 18.2 Å². The number of hydrogen-bond donors (Lipinski definition) is 3. The zero-order valence-corrected chi connectivity index (χ0v) is 26.4. The number of aromatic nitrogens is 3. The molecule has 3 heterocycles. The van der Waals surface area contributed by atoms with Gasteiger partial charge < -0.3 is 24.9 Å². The predicted molar refractivity (Wildman–Crippen MR) is 179 cm³/mol. The van der Waals surface area contributed by atoms with E-state index in [1.54, 1.807) is 45.3 Å². The molecule has 3 aromatic carbocycles. The van der Waals surface area contributed by atoms with E-state index in [9.17, 15) is 19.1 Å². The van der Waals surface area contributed by atoms with Gasteiger partial charge in [0, 0.05) is 41.6 Å². The fraction of sp³-hybridized carbons (Fsp3) is 0.162. The van der Waals surface area contributed by atoms with Crippen LogP contribution in [-0.4, -0.2) is 32.2 Å². The quantitative estimate of drug-likeness (QED) is 0.144. The van der Waals surface area contributed by atoms with Gasteiger partial charge >= 0.3 is 0 Å². The molecule has 3 N–H and O–H groups in total. The number of aliphatic hydroxyl groups is 1. The third-order valence-electron chi connectivity index (χ3n) is 7.74. The molecule has 0 spiro atoms. The van der Waals surface area contributed by atoms with E-state index in [0.717, 1.165) is 22.8 Å². The number of H-pyrrole nitrogens is 1. The van der Waals surface area contributed by atoms with Crippen LogP contribution in [0, 0.1) is 11.6 Å². The van der Waals surface area contributed by atoms with Gasteiger partial charge in [0.1, 0.15) is 23.0 Å². The molecule has 244 valence electrons. The Hall–Kier alpha value is -5.81. The summed E-state index contributed by atoms with van der Waals surface area (Å²) >= 11 is 0. The summed E-state index contributed by atoms with van der Waals surface area (Å²) in [7, 11) is 0. The second kappa shape index (κ2) is 13.1. The van der Waals surface area contributed by atoms with Gasteiger partial charge in [-0.15, -0.1) is 0 Å². The normalized spacial score (nSPS) is 11.5. The molecule has 0 aliphatic heterocycles. The van der Waals surface area contributed by atoms with E-state index in [-0.39, 0.29) is 35.8 Å². The van der Waals surface area contributed by atoms with Crippen LogP contribution in [0.15, 0.2) is 102 Å². The first-order valence-corrected chi connectivity index (χ1v) is 15.2. The molecule has 0 bridgehead atoms. The van der Waals surface area contributed by atoms with Gasteiger partial charge in [-0.2, -0.15) is 0 Å². The highest BCUT2D eigenvalue weighted by atomic mass is 19.1. The van der Waals surface area contributed by atoms with Gasteiger partial charge in [-0.25, -0.2) is 13.8 Å². The summed E-state index contributed by atoms with van der Waals surface area (Å²) in [4.78, 5) is 34.0. The lowest BCUT2D eigenvalue weighted by Crippen LogP contribution is -2.26. The van der Waals surface area contributed by atoms with Crippen molar-refractivity contribution >= 4 is 22.6 Å². The Morgan fingerprint density at radius 1 is 1.00 bits per heavy atom. The van der Waals surface area contributed by atoms with Crippen LogP contribution in [0.2, 0.25) is 0 Å². The second-order valence-electron chi connectivity index (χ2n) is 11.6. The number of pyridine rings is 2. The first-order valence-electron chi connectivity index (χ1n) is 15.2. The first kappa shape index (κ1) is 32.1. The molecule has 0 fully saturated rings. The standard InChI is InChI=1S/C37H32F2N4O5/c1-4-47-30-15-17-43(26-11-8-24(38)9-12-26)36(45)27(30)20-33(44)42-25-10-13-31(29(39)19-25)48-32-14-16-40-35-34(32)28(21-41-35)22-6-5-7-23(18-22)37(2,3)46/h5-19,21,46H,4,20H2,1-3H3,(H,40,41)(H,42,44). The van der Waals surface area contributed by atoms with Crippen molar-refractivity contribution in [3.8, 4) is 34.1 Å². The van der Waals surface area contributed by atoms with E-state index in [1.165, 1.54) is 47.2 Å². The smallest absolute Gasteiger partial charge is 0.262 e. The number of anilines is 1. The molecule has 11 heteroatoms. The van der Waals surface area contributed by atoms with Gasteiger partial charge in [0.25, 0.3) is 5.56 Å². The Bertz CT molecular complexity index is 2190. The molecule has 0 aliphatic carbocycles. The Labute approximate surface area is 274 Å². The molecule has 9 nitrogen and oxygen atoms in total. The first-order chi connectivity index (χ1) is 23.0. The lowest BCUT2D eigenvalue weighted by atomic mass is 9.94. The van der Waals surface area contributed by atoms with Crippen LogP contribution in [0.25, 0.3) is 27.8 Å². The monoisotopic (exact) mass is 650 g/mol. The molecule has 3 aromatic heterocycles. The Morgan fingerprint density at radius 2 is 1.79 bits per heavy atom. The Kier molecular flexibility index (Phi) is 8.79. The maximum atomic E-state index is 15.4. The summed E-state index contributed by atoms with van der Waals surface area (Å²) in [5.41, 5.74) is 1.96. The van der Waals surface area contributed by atoms with Crippen molar-refractivity contribution in [2.75, 3.05) is 11.9 Å². The molecule has 0 saturated carbocycles. The number of amides is 1. The van der Waals surface area contributed by atoms with Crippen LogP contribution in [0.4, 0.5) is 14.5 Å². The van der Waals surface area contributed by atoms with Crippen molar-refractivity contribution in [2.24, 2.45) is 0 Å². The van der Waals surface area contributed by atoms with Crippen molar-refractivity contribution in [1.29, 1.82) is 0 Å². The summed E-state index contributed by atoms with van der Waals surface area (Å²) in [6.07, 6.45) is 4.47. The number of fused-ring (bicyclic) bond motifs is 1. The van der Waals surface area contributed by atoms with Crippen LogP contribution in [0.3, 0.4) is 0 Å². The Balaban J connectivity index is 1.23. The minimum Gasteiger partial charge on any atom is -0.493 e. The fourth-order valence-corrected chi connectivity index (χ4v) is 5.37. The topological polar surface area (TPSA) is 118 Å². The van der Waals surface area contributed by atoms with Crippen molar-refractivity contribution in [3.63, 3.8) is 0 Å². The van der Waals surface area contributed by atoms with Crippen molar-refractivity contribution in [2.45, 2.75) is 32.8 Å². The zero-order chi connectivity index (χ0) is 34.0. The van der Waals surface area contributed by atoms with E-state index in [1.807, 2.05) is 24.3 Å². The van der Waals surface area contributed by atoms with Crippen molar-refractivity contribution in [3.05, 3.63) is 131 Å². The van der Waals surface area contributed by atoms with Crippen LogP contribution >= 0.6 is 0 Å². The van der Waals surface area contributed by atoms with Crippen molar-refractivity contribution < 1.29 is 28.2 Å². The molecule has 6 rings (SSSR count). The molecular weight excluding hydrogens is 618 g/mol. The lowest BCUT2D eigenvalue weighted by molar-refractivity contribution is -0.115. The van der Waals surface area contributed by atoms with Crippen LogP contribution in [-0.2, 0) is 16.8 Å². The maximum absolute atomic E-state index is 15.4. The number of aromatic amines is 1. The molecule has 6 aromatic rings. The highest BCUT2D eigenvalue weighted by Gasteiger charge is 2.20. The minimum atomic E-state index is -1.05. The van der Waals surface area contributed by atoms with Gasteiger partial charge in [-0.3, -0.25) is 14.2 Å². The SMILES string of the molecule is CCOc1ccn(-c2ccc(F)cc2)c(=O)c1CC(=O)Nc1ccc(Oc2ccnc3[nH]cc(-c4cccc(C(C)(C)O)c4)c23)c(F)c1. The van der Waals surface area contributed by atoms with E-state index >= 15 is 4.39 Å². The largest absolute Gasteiger partial charge is 0.493 e. The van der Waals surface area contributed by atoms with E-state index in [2.05, 4.69) is 15.3 Å². The van der Waals surface area contributed by atoms with Gasteiger partial charge in [0.05, 0.1) is 29.6 Å². The predicted octanol–water partition coefficient (Wildman–Crippen LogP) is 7.26. The summed E-state index contributed by atoms with van der Waals surface area (Å²) in [6, 6.07) is 20.1. The summed E-state index contributed by atoms with van der Waals surface area (Å²) in [5, 5.41) is 13.8. The Morgan fingerprint density at radius 3 is 2.52 bits per heavy atom. The minimum absolute atomic E-state index is 0.0817. The third kappa shape index (κ3) is 6.67. The van der Waals surface area contributed by atoms with Gasteiger partial charge in [0.15, 0.2) is 11.6 Å². The van der Waals surface area contributed by atoms with Crippen LogP contribution < -0.4 is 20.3 Å². The number of nitrogens with one attached hydrogen (secondary N) is 2. The number of benzene rings is 3. The van der Waals surface area contributed by atoms with E-state index in [4.69, 9.17) is 9.47 Å². The van der Waals surface area contributed by atoms with E-state index < -0.39 is 28.7 Å². The average molecular weight is 651 g/mol. The van der Waals surface area contributed by atoms with Crippen molar-refractivity contribution in [1.82, 2.24) is 14.5 Å². The molecular formula is C37H32F2N4O5. The van der Waals surface area contributed by atoms with Gasteiger partial charge in [-0.05, 0) is 86.5 Å². The number of carbonyl (C=O) groups is 1. The number of carbonyl (C=O) groups excluding carboxylic acids is 1. The number of nitrogens with zero attached hydrogens (tertiary/aromatic N) is 2. The molecule has 0 radical (unpaired) electrons. The number of halogens is 2. The molecule has 0 aliphatic rings. The number of hydrogen-bond acceptors (Lipinski definition) is 6. The number of ether oxygens (including phenoxy) is 2. The maximum Gasteiger partial charge on any atom is 0.262 e. The highest BCUT2D eigenvalue weighted by molar-refractivity contribution is 5.98. The second-order valence-corrected chi connectivity index (χ2v) is 11.6. The zero-order valence-electron chi connectivity index (χ0n) is 26.4. The molecule has 0 saturated heterocycles. The third-order valence-corrected chi connectivity index (χ3v) is 7.74. The van der Waals surface area contributed by atoms with Crippen LogP contribution in [0.1, 0.15) is 31.9 Å². The molecule has 0 unspecified atom stereocenters. The summed E-state index contributed by atoms with van der Waals surface area (Å²) in [6.45, 7) is 5.43. The van der Waals surface area contributed by atoms with Gasteiger partial charge in [0.2, 0.25) is 5.91 Å². The summed E-state index contributed by atoms with van der Waals surface area (Å²) < 4.78 is 41.8. The summed E-state index contributed by atoms with van der Waals surface area (Å²) in [5.74, 6) is -1.23. The highest BCUT2D eigenvalue weighted by Crippen LogP contribution is 2.38. The van der Waals surface area contributed by atoms with E-state index in [0.29, 0.717) is 22.5 Å². The lowest BCUT2D eigenvalue weighted by Gasteiger charge is -2.18. The fourth-order valence-electron chi connectivity index (χ4n) is 5.37. The molecule has 1 amide bonds. The molecule has 48 heavy (non-hydrogen) atoms.